The molecule has 0 aliphatic heterocycles. The average Bonchev–Trinajstić information content (AvgIpc) is 2.94. The Morgan fingerprint density at radius 3 is 2.95 bits per heavy atom. The zero-order valence-corrected chi connectivity index (χ0v) is 12.8. The molecule has 108 valence electrons. The summed E-state index contributed by atoms with van der Waals surface area (Å²) in [5, 5.41) is 15.6. The molecule has 1 heterocycles. The smallest absolute Gasteiger partial charge is 0.319 e. The number of nitriles is 1. The molecule has 2 amide bonds. The maximum absolute atomic E-state index is 11.8. The van der Waals surface area contributed by atoms with Gasteiger partial charge in [0.05, 0.1) is 5.56 Å². The number of nitrogens with zero attached hydrogens (tertiary/aromatic N) is 2. The molecule has 1 aliphatic rings. The standard InChI is InChI=1S/C14H20N4OS/c1-18(2)8-4-7-16-14(19)17-13-11(9-15)10-5-3-6-12(10)20-13/h3-8H2,1-2H3,(H2,16,17,19). The second-order valence-electron chi connectivity index (χ2n) is 5.21. The predicted molar refractivity (Wildman–Crippen MR) is 81.3 cm³/mol. The van der Waals surface area contributed by atoms with Gasteiger partial charge in [-0.15, -0.1) is 11.3 Å². The number of urea groups is 1. The van der Waals surface area contributed by atoms with E-state index >= 15 is 0 Å². The molecule has 0 aromatic carbocycles. The van der Waals surface area contributed by atoms with Gasteiger partial charge >= 0.3 is 6.03 Å². The molecule has 2 N–H and O–H groups in total. The first-order valence-electron chi connectivity index (χ1n) is 6.86. The molecule has 1 aromatic rings. The fourth-order valence-corrected chi connectivity index (χ4v) is 3.59. The molecular weight excluding hydrogens is 272 g/mol. The average molecular weight is 292 g/mol. The first-order valence-corrected chi connectivity index (χ1v) is 7.67. The summed E-state index contributed by atoms with van der Waals surface area (Å²) in [4.78, 5) is 15.1. The zero-order valence-electron chi connectivity index (χ0n) is 12.0. The largest absolute Gasteiger partial charge is 0.338 e. The maximum Gasteiger partial charge on any atom is 0.319 e. The molecule has 1 aliphatic carbocycles. The van der Waals surface area contributed by atoms with Crippen molar-refractivity contribution in [2.75, 3.05) is 32.5 Å². The normalized spacial score (nSPS) is 13.1. The van der Waals surface area contributed by atoms with E-state index in [9.17, 15) is 10.1 Å². The van der Waals surface area contributed by atoms with Gasteiger partial charge in [0, 0.05) is 11.4 Å². The van der Waals surface area contributed by atoms with Gasteiger partial charge in [0.25, 0.3) is 0 Å². The number of fused-ring (bicyclic) bond motifs is 1. The van der Waals surface area contributed by atoms with E-state index in [0.29, 0.717) is 17.1 Å². The number of thiophene rings is 1. The van der Waals surface area contributed by atoms with Crippen LogP contribution in [0, 0.1) is 11.3 Å². The summed E-state index contributed by atoms with van der Waals surface area (Å²) >= 11 is 1.54. The number of hydrogen-bond acceptors (Lipinski definition) is 4. The summed E-state index contributed by atoms with van der Waals surface area (Å²) < 4.78 is 0. The minimum atomic E-state index is -0.222. The van der Waals surface area contributed by atoms with Crippen LogP contribution in [-0.4, -0.2) is 38.1 Å². The number of amides is 2. The van der Waals surface area contributed by atoms with Gasteiger partial charge in [-0.2, -0.15) is 5.26 Å². The van der Waals surface area contributed by atoms with Crippen LogP contribution >= 0.6 is 11.3 Å². The van der Waals surface area contributed by atoms with Crippen LogP contribution in [0.2, 0.25) is 0 Å². The molecule has 0 fully saturated rings. The molecule has 0 saturated carbocycles. The van der Waals surface area contributed by atoms with E-state index in [1.165, 1.54) is 4.88 Å². The van der Waals surface area contributed by atoms with E-state index in [1.54, 1.807) is 11.3 Å². The van der Waals surface area contributed by atoms with Crippen molar-refractivity contribution in [3.63, 3.8) is 0 Å². The number of aryl methyl sites for hydroxylation is 1. The van der Waals surface area contributed by atoms with Gasteiger partial charge in [0.2, 0.25) is 0 Å². The molecule has 1 aromatic heterocycles. The fourth-order valence-electron chi connectivity index (χ4n) is 2.36. The van der Waals surface area contributed by atoms with E-state index in [1.807, 2.05) is 14.1 Å². The topological polar surface area (TPSA) is 68.2 Å². The Morgan fingerprint density at radius 2 is 2.25 bits per heavy atom. The predicted octanol–water partition coefficient (Wildman–Crippen LogP) is 2.18. The summed E-state index contributed by atoms with van der Waals surface area (Å²) in [6, 6.07) is 2.00. The lowest BCUT2D eigenvalue weighted by Gasteiger charge is -2.10. The number of rotatable bonds is 5. The van der Waals surface area contributed by atoms with E-state index in [4.69, 9.17) is 0 Å². The zero-order chi connectivity index (χ0) is 14.5. The summed E-state index contributed by atoms with van der Waals surface area (Å²) in [6.07, 6.45) is 4.01. The minimum absolute atomic E-state index is 0.222. The molecule has 0 saturated heterocycles. The Balaban J connectivity index is 1.87. The Bertz CT molecular complexity index is 530. The summed E-state index contributed by atoms with van der Waals surface area (Å²) in [7, 11) is 4.01. The highest BCUT2D eigenvalue weighted by atomic mass is 32.1. The summed E-state index contributed by atoms with van der Waals surface area (Å²) in [6.45, 7) is 1.58. The Kier molecular flexibility index (Phi) is 4.99. The number of carbonyl (C=O) groups excluding carboxylic acids is 1. The summed E-state index contributed by atoms with van der Waals surface area (Å²) in [5.74, 6) is 0. The van der Waals surface area contributed by atoms with E-state index in [-0.39, 0.29) is 6.03 Å². The van der Waals surface area contributed by atoms with Crippen LogP contribution in [0.1, 0.15) is 28.8 Å². The van der Waals surface area contributed by atoms with E-state index < -0.39 is 0 Å². The van der Waals surface area contributed by atoms with Gasteiger partial charge < -0.3 is 10.2 Å². The number of hydrogen-bond donors (Lipinski definition) is 2. The second-order valence-corrected chi connectivity index (χ2v) is 6.32. The highest BCUT2D eigenvalue weighted by molar-refractivity contribution is 7.16. The van der Waals surface area contributed by atoms with Crippen molar-refractivity contribution in [2.45, 2.75) is 25.7 Å². The van der Waals surface area contributed by atoms with Crippen LogP contribution in [0.4, 0.5) is 9.80 Å². The van der Waals surface area contributed by atoms with Gasteiger partial charge in [-0.05, 0) is 51.9 Å². The van der Waals surface area contributed by atoms with Crippen LogP contribution in [-0.2, 0) is 12.8 Å². The SMILES string of the molecule is CN(C)CCCNC(=O)Nc1sc2c(c1C#N)CCC2. The molecule has 0 unspecified atom stereocenters. The molecule has 2 rings (SSSR count). The van der Waals surface area contributed by atoms with Gasteiger partial charge in [0.15, 0.2) is 0 Å². The van der Waals surface area contributed by atoms with Crippen molar-refractivity contribution < 1.29 is 4.79 Å². The first-order chi connectivity index (χ1) is 9.61. The monoisotopic (exact) mass is 292 g/mol. The molecule has 0 bridgehead atoms. The van der Waals surface area contributed by atoms with Gasteiger partial charge in [-0.25, -0.2) is 4.79 Å². The van der Waals surface area contributed by atoms with Gasteiger partial charge in [-0.1, -0.05) is 0 Å². The quantitative estimate of drug-likeness (QED) is 0.817. The lowest BCUT2D eigenvalue weighted by atomic mass is 10.1. The van der Waals surface area contributed by atoms with Crippen molar-refractivity contribution in [3.05, 3.63) is 16.0 Å². The van der Waals surface area contributed by atoms with Crippen LogP contribution in [0.5, 0.6) is 0 Å². The van der Waals surface area contributed by atoms with Crippen LogP contribution in [0.15, 0.2) is 0 Å². The van der Waals surface area contributed by atoms with Crippen molar-refractivity contribution in [2.24, 2.45) is 0 Å². The third-order valence-electron chi connectivity index (χ3n) is 3.33. The van der Waals surface area contributed by atoms with Crippen molar-refractivity contribution in [1.29, 1.82) is 5.26 Å². The third kappa shape index (κ3) is 3.50. The van der Waals surface area contributed by atoms with Crippen LogP contribution in [0.25, 0.3) is 0 Å². The van der Waals surface area contributed by atoms with Crippen molar-refractivity contribution in [3.8, 4) is 6.07 Å². The Morgan fingerprint density at radius 1 is 1.45 bits per heavy atom. The molecule has 0 atom stereocenters. The Labute approximate surface area is 123 Å². The minimum Gasteiger partial charge on any atom is -0.338 e. The third-order valence-corrected chi connectivity index (χ3v) is 4.54. The lowest BCUT2D eigenvalue weighted by molar-refractivity contribution is 0.251. The number of nitrogens with one attached hydrogen (secondary N) is 2. The highest BCUT2D eigenvalue weighted by Gasteiger charge is 2.22. The molecule has 6 heteroatoms. The van der Waals surface area contributed by atoms with Crippen LogP contribution < -0.4 is 10.6 Å². The molecule has 20 heavy (non-hydrogen) atoms. The molecule has 5 nitrogen and oxygen atoms in total. The highest BCUT2D eigenvalue weighted by Crippen LogP contribution is 2.38. The van der Waals surface area contributed by atoms with Gasteiger partial charge in [0.1, 0.15) is 11.1 Å². The fraction of sp³-hybridized carbons (Fsp3) is 0.571. The van der Waals surface area contributed by atoms with Crippen LogP contribution in [0.3, 0.4) is 0 Å². The second kappa shape index (κ2) is 6.73. The molecular formula is C14H20N4OS. The van der Waals surface area contributed by atoms with Crippen molar-refractivity contribution in [1.82, 2.24) is 10.2 Å². The lowest BCUT2D eigenvalue weighted by Crippen LogP contribution is -2.31. The van der Waals surface area contributed by atoms with E-state index in [2.05, 4.69) is 21.6 Å². The van der Waals surface area contributed by atoms with Crippen molar-refractivity contribution >= 4 is 22.4 Å². The first kappa shape index (κ1) is 14.8. The Hall–Kier alpha value is -1.58. The molecule has 0 spiro atoms. The number of carbonyl (C=O) groups is 1. The molecule has 0 radical (unpaired) electrons. The van der Waals surface area contributed by atoms with E-state index in [0.717, 1.165) is 37.8 Å². The maximum atomic E-state index is 11.8. The number of anilines is 1. The van der Waals surface area contributed by atoms with Gasteiger partial charge in [-0.3, -0.25) is 5.32 Å². The summed E-state index contributed by atoms with van der Waals surface area (Å²) in [5.41, 5.74) is 1.80.